The molecule has 0 fully saturated rings. The zero-order valence-corrected chi connectivity index (χ0v) is 9.11. The normalized spacial score (nSPS) is 9.25. The number of amides is 1. The van der Waals surface area contributed by atoms with Crippen molar-refractivity contribution in [3.05, 3.63) is 55.1 Å². The molecule has 1 amide bonds. The molecule has 3 heteroatoms. The first-order valence-electron chi connectivity index (χ1n) is 5.00. The number of carbonyl (C=O) groups excluding carboxylic acids is 1. The first-order chi connectivity index (χ1) is 7.77. The lowest BCUT2D eigenvalue weighted by Gasteiger charge is -2.05. The maximum Gasteiger partial charge on any atom is 0.251 e. The molecule has 1 N–H and O–H groups in total. The van der Waals surface area contributed by atoms with Gasteiger partial charge in [-0.2, -0.15) is 0 Å². The second-order valence-electron chi connectivity index (χ2n) is 3.12. The molecule has 0 heterocycles. The Balaban J connectivity index is 2.59. The lowest BCUT2D eigenvalue weighted by atomic mass is 10.2. The second-order valence-corrected chi connectivity index (χ2v) is 3.12. The van der Waals surface area contributed by atoms with Crippen molar-refractivity contribution in [3.8, 4) is 5.75 Å². The minimum absolute atomic E-state index is 0.116. The van der Waals surface area contributed by atoms with Gasteiger partial charge in [0.1, 0.15) is 12.4 Å². The highest BCUT2D eigenvalue weighted by atomic mass is 16.5. The van der Waals surface area contributed by atoms with E-state index in [1.807, 2.05) is 0 Å². The predicted octanol–water partition coefficient (Wildman–Crippen LogP) is 2.17. The predicted molar refractivity (Wildman–Crippen MR) is 64.7 cm³/mol. The first kappa shape index (κ1) is 12.0. The van der Waals surface area contributed by atoms with Crippen molar-refractivity contribution >= 4 is 5.91 Å². The molecule has 3 nitrogen and oxygen atoms in total. The van der Waals surface area contributed by atoms with Crippen molar-refractivity contribution in [2.24, 2.45) is 0 Å². The molecule has 0 saturated carbocycles. The number of nitrogens with one attached hydrogen (secondary N) is 1. The minimum atomic E-state index is -0.116. The van der Waals surface area contributed by atoms with Crippen LogP contribution in [0, 0.1) is 0 Å². The van der Waals surface area contributed by atoms with E-state index >= 15 is 0 Å². The van der Waals surface area contributed by atoms with Crippen LogP contribution >= 0.6 is 0 Å². The van der Waals surface area contributed by atoms with Gasteiger partial charge in [0.05, 0.1) is 0 Å². The third-order valence-corrected chi connectivity index (χ3v) is 1.89. The first-order valence-corrected chi connectivity index (χ1v) is 5.00. The topological polar surface area (TPSA) is 38.3 Å². The van der Waals surface area contributed by atoms with Crippen molar-refractivity contribution in [1.82, 2.24) is 5.32 Å². The van der Waals surface area contributed by atoms with Gasteiger partial charge in [-0.15, -0.1) is 6.58 Å². The Bertz CT molecular complexity index is 368. The number of hydrogen-bond acceptors (Lipinski definition) is 2. The molecule has 0 atom stereocenters. The van der Waals surface area contributed by atoms with Crippen LogP contribution in [-0.2, 0) is 0 Å². The Hall–Kier alpha value is -2.03. The van der Waals surface area contributed by atoms with Crippen LogP contribution in [0.3, 0.4) is 0 Å². The molecule has 0 aliphatic heterocycles. The number of hydrogen-bond donors (Lipinski definition) is 1. The summed E-state index contributed by atoms with van der Waals surface area (Å²) in [7, 11) is 0. The number of carbonyl (C=O) groups is 1. The molecule has 84 valence electrons. The molecule has 0 unspecified atom stereocenters. The second kappa shape index (κ2) is 6.45. The lowest BCUT2D eigenvalue weighted by molar-refractivity contribution is 0.0958. The molecule has 0 aromatic heterocycles. The fraction of sp³-hybridized carbons (Fsp3) is 0.154. The van der Waals surface area contributed by atoms with E-state index in [0.717, 1.165) is 5.75 Å². The summed E-state index contributed by atoms with van der Waals surface area (Å²) >= 11 is 0. The van der Waals surface area contributed by atoms with Gasteiger partial charge in [0.2, 0.25) is 0 Å². The molecular formula is C13H15NO2. The van der Waals surface area contributed by atoms with E-state index in [9.17, 15) is 4.79 Å². The van der Waals surface area contributed by atoms with Crippen LogP contribution in [0.25, 0.3) is 0 Å². The molecule has 0 radical (unpaired) electrons. The standard InChI is InChI=1S/C13H15NO2/c1-3-9-14-13(15)11-5-7-12(8-6-11)16-10-4-2/h3-8H,1-2,9-10H2,(H,14,15). The van der Waals surface area contributed by atoms with Crippen LogP contribution in [0.1, 0.15) is 10.4 Å². The van der Waals surface area contributed by atoms with Gasteiger partial charge in [-0.3, -0.25) is 4.79 Å². The molecule has 0 aliphatic carbocycles. The molecule has 0 spiro atoms. The molecule has 1 aromatic carbocycles. The number of benzene rings is 1. The third kappa shape index (κ3) is 3.61. The molecule has 0 saturated heterocycles. The van der Waals surface area contributed by atoms with Gasteiger partial charge in [-0.25, -0.2) is 0 Å². The van der Waals surface area contributed by atoms with Gasteiger partial charge >= 0.3 is 0 Å². The van der Waals surface area contributed by atoms with Gasteiger partial charge in [0, 0.05) is 12.1 Å². The van der Waals surface area contributed by atoms with Crippen LogP contribution in [0.4, 0.5) is 0 Å². The van der Waals surface area contributed by atoms with Crippen LogP contribution < -0.4 is 10.1 Å². The summed E-state index contributed by atoms with van der Waals surface area (Å²) in [5.74, 6) is 0.607. The number of ether oxygens (including phenoxy) is 1. The highest BCUT2D eigenvalue weighted by Crippen LogP contribution is 2.11. The highest BCUT2D eigenvalue weighted by molar-refractivity contribution is 5.94. The molecular weight excluding hydrogens is 202 g/mol. The Morgan fingerprint density at radius 2 is 1.94 bits per heavy atom. The van der Waals surface area contributed by atoms with Crippen molar-refractivity contribution < 1.29 is 9.53 Å². The largest absolute Gasteiger partial charge is 0.490 e. The van der Waals surface area contributed by atoms with E-state index in [4.69, 9.17) is 4.74 Å². The van der Waals surface area contributed by atoms with E-state index < -0.39 is 0 Å². The third-order valence-electron chi connectivity index (χ3n) is 1.89. The Kier molecular flexibility index (Phi) is 4.86. The summed E-state index contributed by atoms with van der Waals surface area (Å²) in [6.45, 7) is 8.01. The summed E-state index contributed by atoms with van der Waals surface area (Å²) in [6.07, 6.45) is 3.31. The van der Waals surface area contributed by atoms with Gasteiger partial charge in [0.25, 0.3) is 5.91 Å². The Morgan fingerprint density at radius 1 is 1.25 bits per heavy atom. The highest BCUT2D eigenvalue weighted by Gasteiger charge is 2.03. The average Bonchev–Trinajstić information content (AvgIpc) is 2.34. The van der Waals surface area contributed by atoms with Crippen molar-refractivity contribution in [1.29, 1.82) is 0 Å². The zero-order chi connectivity index (χ0) is 11.8. The molecule has 0 bridgehead atoms. The van der Waals surface area contributed by atoms with E-state index in [1.165, 1.54) is 0 Å². The van der Waals surface area contributed by atoms with E-state index in [1.54, 1.807) is 36.4 Å². The van der Waals surface area contributed by atoms with Crippen molar-refractivity contribution in [2.45, 2.75) is 0 Å². The maximum atomic E-state index is 11.5. The molecule has 16 heavy (non-hydrogen) atoms. The van der Waals surface area contributed by atoms with Gasteiger partial charge in [-0.05, 0) is 24.3 Å². The monoisotopic (exact) mass is 217 g/mol. The van der Waals surface area contributed by atoms with Crippen LogP contribution in [0.15, 0.2) is 49.6 Å². The van der Waals surface area contributed by atoms with Crippen LogP contribution in [0.5, 0.6) is 5.75 Å². The number of rotatable bonds is 6. The van der Waals surface area contributed by atoms with E-state index in [0.29, 0.717) is 18.7 Å². The van der Waals surface area contributed by atoms with Gasteiger partial charge < -0.3 is 10.1 Å². The summed E-state index contributed by atoms with van der Waals surface area (Å²) in [6, 6.07) is 6.95. The smallest absolute Gasteiger partial charge is 0.251 e. The average molecular weight is 217 g/mol. The van der Waals surface area contributed by atoms with Gasteiger partial charge in [-0.1, -0.05) is 18.7 Å². The van der Waals surface area contributed by atoms with E-state index in [-0.39, 0.29) is 5.91 Å². The quantitative estimate of drug-likeness (QED) is 0.741. The Labute approximate surface area is 95.4 Å². The summed E-state index contributed by atoms with van der Waals surface area (Å²) < 4.78 is 5.31. The summed E-state index contributed by atoms with van der Waals surface area (Å²) in [5.41, 5.74) is 0.604. The molecule has 0 aliphatic rings. The summed E-state index contributed by atoms with van der Waals surface area (Å²) in [4.78, 5) is 11.5. The maximum absolute atomic E-state index is 11.5. The fourth-order valence-electron chi connectivity index (χ4n) is 1.12. The molecule has 1 rings (SSSR count). The lowest BCUT2D eigenvalue weighted by Crippen LogP contribution is -2.22. The van der Waals surface area contributed by atoms with Gasteiger partial charge in [0.15, 0.2) is 0 Å². The van der Waals surface area contributed by atoms with E-state index in [2.05, 4.69) is 18.5 Å². The zero-order valence-electron chi connectivity index (χ0n) is 9.11. The van der Waals surface area contributed by atoms with Crippen LogP contribution in [0.2, 0.25) is 0 Å². The SMILES string of the molecule is C=CCNC(=O)c1ccc(OCC=C)cc1. The minimum Gasteiger partial charge on any atom is -0.490 e. The van der Waals surface area contributed by atoms with Crippen LogP contribution in [-0.4, -0.2) is 19.1 Å². The van der Waals surface area contributed by atoms with Crippen molar-refractivity contribution in [3.63, 3.8) is 0 Å². The Morgan fingerprint density at radius 3 is 2.50 bits per heavy atom. The fourth-order valence-corrected chi connectivity index (χ4v) is 1.12. The summed E-state index contributed by atoms with van der Waals surface area (Å²) in [5, 5.41) is 2.70. The van der Waals surface area contributed by atoms with Crippen molar-refractivity contribution in [2.75, 3.05) is 13.2 Å². The molecule has 1 aromatic rings.